The van der Waals surface area contributed by atoms with Crippen molar-refractivity contribution in [2.24, 2.45) is 0 Å². The molecule has 0 spiro atoms. The lowest BCUT2D eigenvalue weighted by Crippen LogP contribution is -1.69. The molecule has 40 valence electrons. The molecule has 0 aromatic rings. The number of hydrogen-bond acceptors (Lipinski definition) is 4. The summed E-state index contributed by atoms with van der Waals surface area (Å²) in [5.41, 5.74) is 0. The molecule has 1 N–H and O–H groups in total. The van der Waals surface area contributed by atoms with E-state index in [0.717, 1.165) is 5.01 Å². The second kappa shape index (κ2) is 1.25. The zero-order chi connectivity index (χ0) is 5.40. The molecule has 0 atom stereocenters. The highest BCUT2D eigenvalue weighted by molar-refractivity contribution is 7.09. The molecule has 2 aliphatic rings. The molecule has 0 radical (unpaired) electrons. The van der Waals surface area contributed by atoms with Crippen LogP contribution in [0.25, 0.3) is 10.8 Å². The van der Waals surface area contributed by atoms with E-state index in [9.17, 15) is 0 Å². The third kappa shape index (κ3) is 0.362. The average Bonchev–Trinajstić information content (AvgIpc) is 2.15. The molecular weight excluding hydrogens is 124 g/mol. The quantitative estimate of drug-likeness (QED) is 0.554. The van der Waals surface area contributed by atoms with Crippen LogP contribution in [-0.2, 0) is 0 Å². The second-order valence-corrected chi connectivity index (χ2v) is 2.08. The normalized spacial score (nSPS) is 10.5. The molecule has 0 aliphatic carbocycles. The maximum Gasteiger partial charge on any atom is 0.212 e. The summed E-state index contributed by atoms with van der Waals surface area (Å²) in [7, 11) is 0. The van der Waals surface area contributed by atoms with Crippen molar-refractivity contribution in [1.82, 2.24) is 19.6 Å². The minimum absolute atomic E-state index is 0.704. The van der Waals surface area contributed by atoms with Crippen LogP contribution in [0.5, 0.6) is 0 Å². The van der Waals surface area contributed by atoms with E-state index in [1.807, 2.05) is 0 Å². The third-order valence-electron chi connectivity index (χ3n) is 0.840. The van der Waals surface area contributed by atoms with Crippen molar-refractivity contribution >= 4 is 11.5 Å². The summed E-state index contributed by atoms with van der Waals surface area (Å²) in [6.45, 7) is 0. The average molecular weight is 126 g/mol. The van der Waals surface area contributed by atoms with Crippen LogP contribution in [0.3, 0.4) is 0 Å². The van der Waals surface area contributed by atoms with E-state index in [0.29, 0.717) is 5.82 Å². The number of aromatic amines is 1. The third-order valence-corrected chi connectivity index (χ3v) is 1.50. The highest BCUT2D eigenvalue weighted by Gasteiger charge is 2.05. The highest BCUT2D eigenvalue weighted by atomic mass is 32.1. The number of H-pyrrole nitrogens is 1. The predicted molar refractivity (Wildman–Crippen MR) is 28.7 cm³/mol. The number of imidazole rings is 1. The van der Waals surface area contributed by atoms with E-state index in [-0.39, 0.29) is 0 Å². The van der Waals surface area contributed by atoms with Crippen LogP contribution < -0.4 is 0 Å². The Labute approximate surface area is 49.1 Å². The first kappa shape index (κ1) is 3.96. The van der Waals surface area contributed by atoms with Gasteiger partial charge in [-0.05, 0) is 11.5 Å². The van der Waals surface area contributed by atoms with Crippen molar-refractivity contribution in [2.75, 3.05) is 0 Å². The Hall–Kier alpha value is -0.970. The maximum atomic E-state index is 3.89. The number of aromatic nitrogens is 4. The molecule has 0 amide bonds. The van der Waals surface area contributed by atoms with Gasteiger partial charge in [-0.2, -0.15) is 0 Å². The summed E-state index contributed by atoms with van der Waals surface area (Å²) in [4.78, 5) is 7.73. The van der Waals surface area contributed by atoms with Crippen molar-refractivity contribution in [3.63, 3.8) is 0 Å². The molecule has 0 fully saturated rings. The lowest BCUT2D eigenvalue weighted by atomic mass is 10.7. The Bertz CT molecular complexity index is 203. The smallest absolute Gasteiger partial charge is 0.212 e. The van der Waals surface area contributed by atoms with E-state index in [1.54, 1.807) is 0 Å². The zero-order valence-corrected chi connectivity index (χ0v) is 4.64. The monoisotopic (exact) mass is 126 g/mol. The molecule has 0 aromatic carbocycles. The fourth-order valence-corrected chi connectivity index (χ4v) is 1.01. The highest BCUT2D eigenvalue weighted by Crippen LogP contribution is 2.15. The van der Waals surface area contributed by atoms with Crippen LogP contribution in [0, 0.1) is 0 Å². The summed E-state index contributed by atoms with van der Waals surface area (Å²) < 4.78 is 2.68. The van der Waals surface area contributed by atoms with Gasteiger partial charge in [0, 0.05) is 0 Å². The topological polar surface area (TPSA) is 54.5 Å². The molecule has 8 heavy (non-hydrogen) atoms. The minimum Gasteiger partial charge on any atom is -0.228 e. The standard InChI is InChI=1S/C3H2N4S/c1-4-2-3(5-1)8-7-6-2/h1,7H. The minimum atomic E-state index is 0.704. The van der Waals surface area contributed by atoms with Gasteiger partial charge in [0.1, 0.15) is 6.33 Å². The number of rotatable bonds is 0. The lowest BCUT2D eigenvalue weighted by molar-refractivity contribution is 1.12. The number of fused-ring (bicyclic) bond motifs is 1. The van der Waals surface area contributed by atoms with Crippen LogP contribution in [0.1, 0.15) is 0 Å². The maximum absolute atomic E-state index is 3.89. The van der Waals surface area contributed by atoms with Gasteiger partial charge in [0.25, 0.3) is 0 Å². The first-order chi connectivity index (χ1) is 3.97. The molecule has 0 bridgehead atoms. The van der Waals surface area contributed by atoms with Crippen LogP contribution in [0.4, 0.5) is 0 Å². The van der Waals surface area contributed by atoms with E-state index in [1.165, 1.54) is 17.9 Å². The summed E-state index contributed by atoms with van der Waals surface area (Å²) >= 11 is 1.38. The Kier molecular flexibility index (Phi) is 0.621. The summed E-state index contributed by atoms with van der Waals surface area (Å²) in [6.07, 6.45) is 1.50. The van der Waals surface area contributed by atoms with Crippen LogP contribution in [0.2, 0.25) is 0 Å². The Morgan fingerprint density at radius 3 is 3.38 bits per heavy atom. The Morgan fingerprint density at radius 2 is 2.50 bits per heavy atom. The van der Waals surface area contributed by atoms with Gasteiger partial charge in [-0.1, -0.05) is 0 Å². The molecular formula is C3H2N4S. The molecule has 0 saturated heterocycles. The zero-order valence-electron chi connectivity index (χ0n) is 3.83. The van der Waals surface area contributed by atoms with E-state index in [4.69, 9.17) is 0 Å². The van der Waals surface area contributed by atoms with Gasteiger partial charge in [-0.15, -0.1) is 5.10 Å². The van der Waals surface area contributed by atoms with Gasteiger partial charge in [-0.3, -0.25) is 0 Å². The van der Waals surface area contributed by atoms with Crippen molar-refractivity contribution < 1.29 is 0 Å². The summed E-state index contributed by atoms with van der Waals surface area (Å²) in [5, 5.41) is 4.66. The number of hydrogen-bond donors (Lipinski definition) is 1. The molecule has 2 aliphatic heterocycles. The molecule has 4 nitrogen and oxygen atoms in total. The summed E-state index contributed by atoms with van der Waals surface area (Å²) in [5.74, 6) is 0.704. The summed E-state index contributed by atoms with van der Waals surface area (Å²) in [6, 6.07) is 0. The van der Waals surface area contributed by atoms with Crippen molar-refractivity contribution in [3.8, 4) is 10.8 Å². The van der Waals surface area contributed by atoms with Crippen LogP contribution >= 0.6 is 11.5 Å². The van der Waals surface area contributed by atoms with Gasteiger partial charge in [0.15, 0.2) is 5.01 Å². The molecule has 0 aromatic heterocycles. The molecule has 5 heteroatoms. The molecule has 2 rings (SSSR count). The fraction of sp³-hybridized carbons (Fsp3) is 0. The first-order valence-electron chi connectivity index (χ1n) is 2.07. The Balaban J connectivity index is 2.84. The van der Waals surface area contributed by atoms with E-state index >= 15 is 0 Å². The largest absolute Gasteiger partial charge is 0.228 e. The molecule has 0 unspecified atom stereocenters. The van der Waals surface area contributed by atoms with Crippen LogP contribution in [-0.4, -0.2) is 19.6 Å². The first-order valence-corrected chi connectivity index (χ1v) is 2.89. The molecule has 2 heterocycles. The second-order valence-electron chi connectivity index (χ2n) is 1.31. The number of nitrogens with one attached hydrogen (secondary N) is 1. The fourth-order valence-electron chi connectivity index (χ4n) is 0.507. The van der Waals surface area contributed by atoms with Crippen molar-refractivity contribution in [3.05, 3.63) is 6.33 Å². The van der Waals surface area contributed by atoms with Gasteiger partial charge in [0.2, 0.25) is 5.82 Å². The van der Waals surface area contributed by atoms with E-state index < -0.39 is 0 Å². The Morgan fingerprint density at radius 1 is 1.50 bits per heavy atom. The number of nitrogens with zero attached hydrogens (tertiary/aromatic N) is 3. The van der Waals surface area contributed by atoms with Crippen molar-refractivity contribution in [2.45, 2.75) is 0 Å². The predicted octanol–water partition coefficient (Wildman–Crippen LogP) is 0.366. The van der Waals surface area contributed by atoms with Crippen LogP contribution in [0.15, 0.2) is 6.33 Å². The van der Waals surface area contributed by atoms with Gasteiger partial charge in [0.05, 0.1) is 0 Å². The van der Waals surface area contributed by atoms with Crippen molar-refractivity contribution in [1.29, 1.82) is 0 Å². The lowest BCUT2D eigenvalue weighted by Gasteiger charge is -1.68. The van der Waals surface area contributed by atoms with Gasteiger partial charge < -0.3 is 0 Å². The van der Waals surface area contributed by atoms with Gasteiger partial charge >= 0.3 is 0 Å². The van der Waals surface area contributed by atoms with Gasteiger partial charge in [-0.25, -0.2) is 14.5 Å². The van der Waals surface area contributed by atoms with E-state index in [2.05, 4.69) is 19.6 Å². The molecule has 0 saturated carbocycles. The SMILES string of the molecule is c1nc2n[nH]sc-2n1.